The van der Waals surface area contributed by atoms with Crippen molar-refractivity contribution < 1.29 is 18.3 Å². The third-order valence-electron chi connectivity index (χ3n) is 1.61. The molecule has 3 nitrogen and oxygen atoms in total. The minimum absolute atomic E-state index is 0.0694. The van der Waals surface area contributed by atoms with Crippen LogP contribution in [0.25, 0.3) is 0 Å². The highest BCUT2D eigenvalue weighted by molar-refractivity contribution is 5.53. The highest BCUT2D eigenvalue weighted by atomic mass is 19.2. The van der Waals surface area contributed by atoms with Crippen LogP contribution in [-0.2, 0) is 4.74 Å². The lowest BCUT2D eigenvalue weighted by atomic mass is 10.3. The van der Waals surface area contributed by atoms with Crippen LogP contribution >= 0.6 is 0 Å². The lowest BCUT2D eigenvalue weighted by Crippen LogP contribution is -2.08. The number of hydrogen-bond acceptors (Lipinski definition) is 3. The van der Waals surface area contributed by atoms with Crippen LogP contribution in [0.5, 0.6) is 5.75 Å². The topological polar surface area (TPSA) is 44.5 Å². The maximum atomic E-state index is 13.1. The highest BCUT2D eigenvalue weighted by Gasteiger charge is 2.12. The van der Waals surface area contributed by atoms with Gasteiger partial charge in [0.1, 0.15) is 6.61 Å². The van der Waals surface area contributed by atoms with Gasteiger partial charge in [-0.05, 0) is 12.1 Å². The molecule has 0 fully saturated rings. The normalized spacial score (nSPS) is 10.2. The average Bonchev–Trinajstić information content (AvgIpc) is 2.18. The lowest BCUT2D eigenvalue weighted by molar-refractivity contribution is 0.143. The quantitative estimate of drug-likeness (QED) is 0.596. The Morgan fingerprint density at radius 2 is 2.00 bits per heavy atom. The molecule has 0 aliphatic heterocycles. The fourth-order valence-corrected chi connectivity index (χ4v) is 0.921. The molecular weight excluding hydrogens is 192 g/mol. The van der Waals surface area contributed by atoms with Crippen molar-refractivity contribution in [1.29, 1.82) is 0 Å². The van der Waals surface area contributed by atoms with Crippen LogP contribution in [0.15, 0.2) is 12.1 Å². The van der Waals surface area contributed by atoms with E-state index in [1.165, 1.54) is 13.2 Å². The third kappa shape index (κ3) is 2.32. The van der Waals surface area contributed by atoms with Crippen LogP contribution in [0.4, 0.5) is 14.5 Å². The molecule has 0 bridgehead atoms. The predicted octanol–water partition coefficient (Wildman–Crippen LogP) is 1.57. The van der Waals surface area contributed by atoms with E-state index in [4.69, 9.17) is 15.2 Å². The Kier molecular flexibility index (Phi) is 3.64. The van der Waals surface area contributed by atoms with E-state index in [2.05, 4.69) is 0 Å². The van der Waals surface area contributed by atoms with Gasteiger partial charge in [-0.25, -0.2) is 4.39 Å². The second kappa shape index (κ2) is 4.76. The van der Waals surface area contributed by atoms with Crippen LogP contribution in [0, 0.1) is 11.6 Å². The van der Waals surface area contributed by atoms with Gasteiger partial charge in [0.15, 0.2) is 11.6 Å². The summed E-state index contributed by atoms with van der Waals surface area (Å²) in [6, 6.07) is 2.20. The molecule has 0 spiro atoms. The average molecular weight is 203 g/mol. The Morgan fingerprint density at radius 1 is 1.29 bits per heavy atom. The number of methoxy groups -OCH3 is 1. The number of rotatable bonds is 4. The smallest absolute Gasteiger partial charge is 0.202 e. The molecule has 0 atom stereocenters. The number of nitrogen functional groups attached to an aromatic ring is 1. The van der Waals surface area contributed by atoms with Gasteiger partial charge in [0.25, 0.3) is 0 Å². The molecule has 0 aliphatic carbocycles. The van der Waals surface area contributed by atoms with E-state index < -0.39 is 11.6 Å². The van der Waals surface area contributed by atoms with E-state index in [-0.39, 0.29) is 24.7 Å². The number of nitrogens with two attached hydrogens (primary N) is 1. The maximum absolute atomic E-state index is 13.1. The lowest BCUT2D eigenvalue weighted by Gasteiger charge is -2.09. The first-order chi connectivity index (χ1) is 6.66. The summed E-state index contributed by atoms with van der Waals surface area (Å²) in [7, 11) is 1.48. The second-order valence-corrected chi connectivity index (χ2v) is 2.62. The number of hydrogen-bond donors (Lipinski definition) is 1. The third-order valence-corrected chi connectivity index (χ3v) is 1.61. The minimum atomic E-state index is -1.07. The molecule has 0 amide bonds. The SMILES string of the molecule is COCCOc1c(N)ccc(F)c1F. The standard InChI is InChI=1S/C9H11F2NO2/c1-13-4-5-14-9-7(12)3-2-6(10)8(9)11/h2-3H,4-5,12H2,1H3. The molecule has 0 unspecified atom stereocenters. The van der Waals surface area contributed by atoms with E-state index in [1.807, 2.05) is 0 Å². The van der Waals surface area contributed by atoms with Crippen LogP contribution < -0.4 is 10.5 Å². The van der Waals surface area contributed by atoms with Crippen LogP contribution in [-0.4, -0.2) is 20.3 Å². The number of halogens is 2. The van der Waals surface area contributed by atoms with Gasteiger partial charge in [-0.1, -0.05) is 0 Å². The zero-order valence-corrected chi connectivity index (χ0v) is 7.72. The van der Waals surface area contributed by atoms with Crippen molar-refractivity contribution in [3.05, 3.63) is 23.8 Å². The number of anilines is 1. The van der Waals surface area contributed by atoms with E-state index in [9.17, 15) is 8.78 Å². The summed E-state index contributed by atoms with van der Waals surface area (Å²) in [6.45, 7) is 0.413. The van der Waals surface area contributed by atoms with E-state index in [0.29, 0.717) is 0 Å². The molecule has 0 saturated heterocycles. The first kappa shape index (κ1) is 10.7. The van der Waals surface area contributed by atoms with Crippen molar-refractivity contribution in [2.45, 2.75) is 0 Å². The molecular formula is C9H11F2NO2. The summed E-state index contributed by atoms with van der Waals surface area (Å²) in [5.41, 5.74) is 5.47. The van der Waals surface area contributed by atoms with Crippen LogP contribution in [0.1, 0.15) is 0 Å². The summed E-state index contributed by atoms with van der Waals surface area (Å²) >= 11 is 0. The van der Waals surface area contributed by atoms with Crippen molar-refractivity contribution in [2.75, 3.05) is 26.1 Å². The van der Waals surface area contributed by atoms with Gasteiger partial charge < -0.3 is 15.2 Å². The molecule has 0 heterocycles. The van der Waals surface area contributed by atoms with Gasteiger partial charge in [0, 0.05) is 7.11 Å². The predicted molar refractivity (Wildman–Crippen MR) is 48.1 cm³/mol. The van der Waals surface area contributed by atoms with Gasteiger partial charge >= 0.3 is 0 Å². The molecule has 0 aliphatic rings. The zero-order chi connectivity index (χ0) is 10.6. The summed E-state index contributed by atoms with van der Waals surface area (Å²) in [6.07, 6.45) is 0. The van der Waals surface area contributed by atoms with Gasteiger partial charge in [0.2, 0.25) is 5.82 Å². The fraction of sp³-hybridized carbons (Fsp3) is 0.333. The Morgan fingerprint density at radius 3 is 2.64 bits per heavy atom. The van der Waals surface area contributed by atoms with Crippen molar-refractivity contribution in [2.24, 2.45) is 0 Å². The Hall–Kier alpha value is -1.36. The summed E-state index contributed by atoms with van der Waals surface area (Å²) in [4.78, 5) is 0. The molecule has 14 heavy (non-hydrogen) atoms. The van der Waals surface area contributed by atoms with Crippen LogP contribution in [0.2, 0.25) is 0 Å². The van der Waals surface area contributed by atoms with Crippen molar-refractivity contribution >= 4 is 5.69 Å². The molecule has 1 aromatic carbocycles. The highest BCUT2D eigenvalue weighted by Crippen LogP contribution is 2.26. The van der Waals surface area contributed by atoms with Crippen LogP contribution in [0.3, 0.4) is 0 Å². The first-order valence-electron chi connectivity index (χ1n) is 4.02. The molecule has 78 valence electrons. The van der Waals surface area contributed by atoms with Crippen molar-refractivity contribution in [3.63, 3.8) is 0 Å². The molecule has 5 heteroatoms. The molecule has 2 N–H and O–H groups in total. The van der Waals surface area contributed by atoms with Gasteiger partial charge in [-0.3, -0.25) is 0 Å². The van der Waals surface area contributed by atoms with Gasteiger partial charge in [-0.15, -0.1) is 0 Å². The van der Waals surface area contributed by atoms with Crippen molar-refractivity contribution in [3.8, 4) is 5.75 Å². The van der Waals surface area contributed by atoms with E-state index >= 15 is 0 Å². The van der Waals surface area contributed by atoms with E-state index in [1.54, 1.807) is 0 Å². The van der Waals surface area contributed by atoms with Gasteiger partial charge in [-0.2, -0.15) is 4.39 Å². The van der Waals surface area contributed by atoms with E-state index in [0.717, 1.165) is 6.07 Å². The fourth-order valence-electron chi connectivity index (χ4n) is 0.921. The number of benzene rings is 1. The summed E-state index contributed by atoms with van der Waals surface area (Å²) in [5.74, 6) is -2.31. The maximum Gasteiger partial charge on any atom is 0.202 e. The molecule has 0 radical (unpaired) electrons. The summed E-state index contributed by atoms with van der Waals surface area (Å²) < 4.78 is 35.4. The molecule has 1 aromatic rings. The molecule has 0 aromatic heterocycles. The second-order valence-electron chi connectivity index (χ2n) is 2.62. The zero-order valence-electron chi connectivity index (χ0n) is 7.72. The molecule has 0 saturated carbocycles. The Balaban J connectivity index is 2.79. The first-order valence-corrected chi connectivity index (χ1v) is 4.02. The molecule has 1 rings (SSSR count). The Bertz CT molecular complexity index is 318. The largest absolute Gasteiger partial charge is 0.486 e. The minimum Gasteiger partial charge on any atom is -0.486 e. The van der Waals surface area contributed by atoms with Gasteiger partial charge in [0.05, 0.1) is 12.3 Å². The summed E-state index contributed by atoms with van der Waals surface area (Å²) in [5, 5.41) is 0. The van der Waals surface area contributed by atoms with Crippen molar-refractivity contribution in [1.82, 2.24) is 0 Å². The Labute approximate surface area is 80.4 Å². The number of ether oxygens (including phenoxy) is 2. The monoisotopic (exact) mass is 203 g/mol.